The number of anilines is 1. The minimum absolute atomic E-state index is 0.0374. The Bertz CT molecular complexity index is 1580. The molecule has 172 valence electrons. The number of aromatic nitrogens is 4. The third-order valence-electron chi connectivity index (χ3n) is 5.13. The molecule has 1 amide bonds. The third-order valence-corrected chi connectivity index (χ3v) is 5.60. The summed E-state index contributed by atoms with van der Waals surface area (Å²) in [7, 11) is 0. The molecule has 5 rings (SSSR count). The predicted molar refractivity (Wildman–Crippen MR) is 133 cm³/mol. The molecule has 0 aliphatic carbocycles. The van der Waals surface area contributed by atoms with Crippen molar-refractivity contribution in [2.24, 2.45) is 0 Å². The Hall–Kier alpha value is -4.27. The summed E-state index contributed by atoms with van der Waals surface area (Å²) in [5, 5.41) is 8.10. The van der Waals surface area contributed by atoms with Gasteiger partial charge in [-0.3, -0.25) is 9.59 Å². The molecule has 0 aliphatic heterocycles. The molecule has 0 fully saturated rings. The number of carbonyl (C=O) groups is 2. The number of fused-ring (bicyclic) bond motifs is 1. The zero-order chi connectivity index (χ0) is 24.4. The summed E-state index contributed by atoms with van der Waals surface area (Å²) in [4.78, 5) is 32.8. The molecule has 5 aromatic rings. The van der Waals surface area contributed by atoms with Gasteiger partial charge in [0.25, 0.3) is 12.4 Å². The number of halogens is 2. The molecule has 0 radical (unpaired) electrons. The predicted octanol–water partition coefficient (Wildman–Crippen LogP) is 5.55. The fourth-order valence-electron chi connectivity index (χ4n) is 3.65. The number of ether oxygens (including phenoxy) is 1. The molecule has 0 saturated carbocycles. The second-order valence-electron chi connectivity index (χ2n) is 7.35. The fourth-order valence-corrected chi connectivity index (χ4v) is 4.00. The molecule has 3 heterocycles. The van der Waals surface area contributed by atoms with Crippen molar-refractivity contribution >= 4 is 47.0 Å². The van der Waals surface area contributed by atoms with E-state index in [0.29, 0.717) is 27.1 Å². The lowest BCUT2D eigenvalue weighted by atomic mass is 10.1. The Morgan fingerprint density at radius 2 is 1.80 bits per heavy atom. The van der Waals surface area contributed by atoms with Crippen molar-refractivity contribution in [3.63, 3.8) is 0 Å². The van der Waals surface area contributed by atoms with Gasteiger partial charge in [0.1, 0.15) is 17.3 Å². The summed E-state index contributed by atoms with van der Waals surface area (Å²) < 4.78 is 6.62. The summed E-state index contributed by atoms with van der Waals surface area (Å²) in [6, 6.07) is 18.9. The number of pyridine rings is 1. The summed E-state index contributed by atoms with van der Waals surface area (Å²) in [5.41, 5.74) is 3.70. The molecule has 35 heavy (non-hydrogen) atoms. The van der Waals surface area contributed by atoms with Crippen molar-refractivity contribution in [3.8, 4) is 28.3 Å². The SMILES string of the molecule is O=COc1cc(Cl)ccc1C(=O)Nc1cc(-c2c(-c3cccc(Cl)c3)nc3cccnn23)ccn1. The number of nitrogens with zero attached hydrogens (tertiary/aromatic N) is 4. The van der Waals surface area contributed by atoms with E-state index in [9.17, 15) is 9.59 Å². The average Bonchev–Trinajstić information content (AvgIpc) is 3.24. The number of hydrogen-bond donors (Lipinski definition) is 1. The second kappa shape index (κ2) is 9.54. The minimum Gasteiger partial charge on any atom is -0.428 e. The molecule has 1 N–H and O–H groups in total. The zero-order valence-corrected chi connectivity index (χ0v) is 19.4. The van der Waals surface area contributed by atoms with Gasteiger partial charge in [0, 0.05) is 39.6 Å². The lowest BCUT2D eigenvalue weighted by molar-refractivity contribution is -0.120. The Labute approximate surface area is 209 Å². The normalized spacial score (nSPS) is 10.8. The smallest absolute Gasteiger partial charge is 0.298 e. The molecule has 0 saturated heterocycles. The van der Waals surface area contributed by atoms with Crippen LogP contribution in [0.5, 0.6) is 5.75 Å². The van der Waals surface area contributed by atoms with Crippen LogP contribution in [0.2, 0.25) is 10.0 Å². The number of benzene rings is 2. The number of hydrogen-bond acceptors (Lipinski definition) is 6. The monoisotopic (exact) mass is 503 g/mol. The van der Waals surface area contributed by atoms with E-state index in [4.69, 9.17) is 32.9 Å². The number of amides is 1. The van der Waals surface area contributed by atoms with Crippen molar-refractivity contribution in [1.29, 1.82) is 0 Å². The van der Waals surface area contributed by atoms with Gasteiger partial charge < -0.3 is 10.1 Å². The second-order valence-corrected chi connectivity index (χ2v) is 8.22. The summed E-state index contributed by atoms with van der Waals surface area (Å²) in [5.74, 6) is -0.202. The molecule has 3 aromatic heterocycles. The molecule has 0 spiro atoms. The van der Waals surface area contributed by atoms with Crippen molar-refractivity contribution in [1.82, 2.24) is 19.6 Å². The summed E-state index contributed by atoms with van der Waals surface area (Å²) >= 11 is 12.2. The summed E-state index contributed by atoms with van der Waals surface area (Å²) in [6.45, 7) is 0.233. The first-order valence-corrected chi connectivity index (χ1v) is 11.1. The van der Waals surface area contributed by atoms with E-state index in [2.05, 4.69) is 15.4 Å². The highest BCUT2D eigenvalue weighted by Gasteiger charge is 2.19. The molecule has 0 aliphatic rings. The Kier molecular flexibility index (Phi) is 6.13. The van der Waals surface area contributed by atoms with E-state index < -0.39 is 5.91 Å². The van der Waals surface area contributed by atoms with Crippen molar-refractivity contribution in [2.45, 2.75) is 0 Å². The van der Waals surface area contributed by atoms with E-state index in [1.165, 1.54) is 18.2 Å². The molecule has 10 heteroatoms. The molecule has 0 unspecified atom stereocenters. The molecule has 0 atom stereocenters. The maximum atomic E-state index is 12.9. The third kappa shape index (κ3) is 4.57. The lowest BCUT2D eigenvalue weighted by Gasteiger charge is -2.10. The molecular weight excluding hydrogens is 489 g/mol. The first kappa shape index (κ1) is 22.5. The zero-order valence-electron chi connectivity index (χ0n) is 17.9. The van der Waals surface area contributed by atoms with Crippen LogP contribution < -0.4 is 10.1 Å². The number of nitrogens with one attached hydrogen (secondary N) is 1. The van der Waals surface area contributed by atoms with Gasteiger partial charge in [-0.15, -0.1) is 0 Å². The highest BCUT2D eigenvalue weighted by Crippen LogP contribution is 2.34. The first-order valence-electron chi connectivity index (χ1n) is 10.3. The average molecular weight is 504 g/mol. The van der Waals surface area contributed by atoms with Gasteiger partial charge in [-0.05, 0) is 48.5 Å². The van der Waals surface area contributed by atoms with Gasteiger partial charge >= 0.3 is 0 Å². The van der Waals surface area contributed by atoms with E-state index in [1.54, 1.807) is 41.2 Å². The van der Waals surface area contributed by atoms with Gasteiger partial charge in [-0.1, -0.05) is 35.3 Å². The van der Waals surface area contributed by atoms with Gasteiger partial charge in [0.05, 0.1) is 11.3 Å². The van der Waals surface area contributed by atoms with Crippen LogP contribution in [-0.2, 0) is 4.79 Å². The van der Waals surface area contributed by atoms with Crippen LogP contribution in [0.25, 0.3) is 28.2 Å². The van der Waals surface area contributed by atoms with E-state index >= 15 is 0 Å². The van der Waals surface area contributed by atoms with Crippen molar-refractivity contribution in [3.05, 3.63) is 94.7 Å². The fraction of sp³-hybridized carbons (Fsp3) is 0. The van der Waals surface area contributed by atoms with Crippen LogP contribution in [0.4, 0.5) is 5.82 Å². The van der Waals surface area contributed by atoms with Crippen LogP contribution in [-0.4, -0.2) is 32.0 Å². The maximum Gasteiger partial charge on any atom is 0.298 e. The summed E-state index contributed by atoms with van der Waals surface area (Å²) in [6.07, 6.45) is 3.23. The molecule has 8 nitrogen and oxygen atoms in total. The van der Waals surface area contributed by atoms with Crippen molar-refractivity contribution in [2.75, 3.05) is 5.32 Å². The molecule has 0 bridgehead atoms. The highest BCUT2D eigenvalue weighted by molar-refractivity contribution is 6.31. The minimum atomic E-state index is -0.519. The standard InChI is InChI=1S/C25H15Cl2N5O3/c26-17-4-1-3-15(11-17)23-24(32-22(31-23)5-2-9-29-32)16-8-10-28-21(12-16)30-25(34)19-7-6-18(27)13-20(19)35-14-33/h1-14H,(H,28,30,34). The van der Waals surface area contributed by atoms with Crippen LogP contribution in [0.15, 0.2) is 79.1 Å². The molecular formula is C25H15Cl2N5O3. The van der Waals surface area contributed by atoms with E-state index in [1.807, 2.05) is 24.3 Å². The Balaban J connectivity index is 1.56. The highest BCUT2D eigenvalue weighted by atomic mass is 35.5. The largest absolute Gasteiger partial charge is 0.428 e. The number of rotatable bonds is 6. The lowest BCUT2D eigenvalue weighted by Crippen LogP contribution is -2.14. The van der Waals surface area contributed by atoms with E-state index in [0.717, 1.165) is 11.1 Å². The quantitative estimate of drug-likeness (QED) is 0.305. The van der Waals surface area contributed by atoms with Crippen LogP contribution in [0.3, 0.4) is 0 Å². The van der Waals surface area contributed by atoms with Gasteiger partial charge in [-0.2, -0.15) is 5.10 Å². The Morgan fingerprint density at radius 3 is 2.63 bits per heavy atom. The maximum absolute atomic E-state index is 12.9. The topological polar surface area (TPSA) is 98.5 Å². The first-order chi connectivity index (χ1) is 17.0. The van der Waals surface area contributed by atoms with Crippen molar-refractivity contribution < 1.29 is 14.3 Å². The van der Waals surface area contributed by atoms with Gasteiger partial charge in [-0.25, -0.2) is 14.5 Å². The van der Waals surface area contributed by atoms with E-state index in [-0.39, 0.29) is 23.6 Å². The number of carbonyl (C=O) groups excluding carboxylic acids is 2. The van der Waals surface area contributed by atoms with Crippen LogP contribution >= 0.6 is 23.2 Å². The molecule has 2 aromatic carbocycles. The van der Waals surface area contributed by atoms with Crippen LogP contribution in [0.1, 0.15) is 10.4 Å². The van der Waals surface area contributed by atoms with Crippen LogP contribution in [0, 0.1) is 0 Å². The number of imidazole rings is 1. The Morgan fingerprint density at radius 1 is 0.943 bits per heavy atom. The van der Waals surface area contributed by atoms with Gasteiger partial charge in [0.2, 0.25) is 0 Å². The van der Waals surface area contributed by atoms with Gasteiger partial charge in [0.15, 0.2) is 5.65 Å².